The highest BCUT2D eigenvalue weighted by atomic mass is 79.9. The summed E-state index contributed by atoms with van der Waals surface area (Å²) in [5.41, 5.74) is 0.984. The van der Waals surface area contributed by atoms with Crippen molar-refractivity contribution in [1.29, 1.82) is 0 Å². The van der Waals surface area contributed by atoms with Crippen molar-refractivity contribution in [3.05, 3.63) is 44.8 Å². The van der Waals surface area contributed by atoms with E-state index in [0.717, 1.165) is 20.1 Å². The van der Waals surface area contributed by atoms with Gasteiger partial charge >= 0.3 is 0 Å². The minimum Gasteiger partial charge on any atom is -0.392 e. The summed E-state index contributed by atoms with van der Waals surface area (Å²) < 4.78 is 1.08. The van der Waals surface area contributed by atoms with Crippen molar-refractivity contribution in [2.75, 3.05) is 5.75 Å². The Morgan fingerprint density at radius 3 is 2.89 bits per heavy atom. The summed E-state index contributed by atoms with van der Waals surface area (Å²) >= 11 is 6.79. The summed E-state index contributed by atoms with van der Waals surface area (Å²) in [7, 11) is 0. The van der Waals surface area contributed by atoms with Gasteiger partial charge in [-0.25, -0.2) is 4.98 Å². The van der Waals surface area contributed by atoms with Gasteiger partial charge in [-0.3, -0.25) is 0 Å². The summed E-state index contributed by atoms with van der Waals surface area (Å²) in [4.78, 5) is 5.52. The standard InChI is InChI=1S/C13H14BrNOS2/c1-9-15-10(7-17-9)6-11(16)8-18-13-5-3-2-4-12(13)14/h2-5,7,11,16H,6,8H2,1H3. The number of benzene rings is 1. The maximum absolute atomic E-state index is 9.99. The third-order valence-electron chi connectivity index (χ3n) is 2.38. The van der Waals surface area contributed by atoms with Crippen molar-refractivity contribution in [2.45, 2.75) is 24.3 Å². The molecule has 0 aliphatic heterocycles. The maximum Gasteiger partial charge on any atom is 0.0897 e. The zero-order chi connectivity index (χ0) is 13.0. The Bertz CT molecular complexity index is 515. The third-order valence-corrected chi connectivity index (χ3v) is 5.37. The van der Waals surface area contributed by atoms with Crippen LogP contribution in [-0.4, -0.2) is 21.9 Å². The monoisotopic (exact) mass is 343 g/mol. The van der Waals surface area contributed by atoms with E-state index >= 15 is 0 Å². The van der Waals surface area contributed by atoms with E-state index in [2.05, 4.69) is 27.0 Å². The smallest absolute Gasteiger partial charge is 0.0897 e. The molecule has 0 fully saturated rings. The molecule has 0 spiro atoms. The number of thiazole rings is 1. The van der Waals surface area contributed by atoms with Crippen LogP contribution in [-0.2, 0) is 6.42 Å². The first kappa shape index (κ1) is 14.1. The molecule has 1 atom stereocenters. The second kappa shape index (κ2) is 6.70. The van der Waals surface area contributed by atoms with Gasteiger partial charge in [0.05, 0.1) is 16.8 Å². The second-order valence-electron chi connectivity index (χ2n) is 3.96. The number of aliphatic hydroxyl groups excluding tert-OH is 1. The van der Waals surface area contributed by atoms with Gasteiger partial charge in [0, 0.05) is 26.9 Å². The van der Waals surface area contributed by atoms with E-state index in [9.17, 15) is 5.11 Å². The van der Waals surface area contributed by atoms with E-state index in [1.165, 1.54) is 0 Å². The van der Waals surface area contributed by atoms with E-state index in [4.69, 9.17) is 0 Å². The highest BCUT2D eigenvalue weighted by Crippen LogP contribution is 2.27. The molecule has 0 saturated heterocycles. The van der Waals surface area contributed by atoms with Gasteiger partial charge < -0.3 is 5.11 Å². The van der Waals surface area contributed by atoms with Gasteiger partial charge in [-0.05, 0) is 35.0 Å². The predicted octanol–water partition coefficient (Wildman–Crippen LogP) is 3.91. The molecule has 18 heavy (non-hydrogen) atoms. The Kier molecular flexibility index (Phi) is 5.24. The number of aromatic nitrogens is 1. The van der Waals surface area contributed by atoms with Gasteiger partial charge in [0.2, 0.25) is 0 Å². The minimum atomic E-state index is -0.358. The minimum absolute atomic E-state index is 0.358. The Balaban J connectivity index is 1.85. The van der Waals surface area contributed by atoms with Crippen molar-refractivity contribution in [3.63, 3.8) is 0 Å². The van der Waals surface area contributed by atoms with Crippen LogP contribution in [0.25, 0.3) is 0 Å². The van der Waals surface area contributed by atoms with Crippen LogP contribution >= 0.6 is 39.0 Å². The first-order valence-corrected chi connectivity index (χ1v) is 8.27. The predicted molar refractivity (Wildman–Crippen MR) is 81.4 cm³/mol. The SMILES string of the molecule is Cc1nc(CC(O)CSc2ccccc2Br)cs1. The molecule has 0 amide bonds. The van der Waals surface area contributed by atoms with E-state index in [1.54, 1.807) is 23.1 Å². The fourth-order valence-corrected chi connectivity index (χ4v) is 3.67. The third kappa shape index (κ3) is 4.09. The molecule has 0 aliphatic carbocycles. The number of aliphatic hydroxyl groups is 1. The molecule has 1 aromatic carbocycles. The van der Waals surface area contributed by atoms with Gasteiger partial charge in [0.15, 0.2) is 0 Å². The van der Waals surface area contributed by atoms with Gasteiger partial charge in [0.1, 0.15) is 0 Å². The zero-order valence-electron chi connectivity index (χ0n) is 9.97. The second-order valence-corrected chi connectivity index (χ2v) is 6.94. The Morgan fingerprint density at radius 1 is 1.44 bits per heavy atom. The van der Waals surface area contributed by atoms with Gasteiger partial charge in [0.25, 0.3) is 0 Å². The number of aryl methyl sites for hydroxylation is 1. The maximum atomic E-state index is 9.99. The number of hydrogen-bond acceptors (Lipinski definition) is 4. The van der Waals surface area contributed by atoms with Crippen molar-refractivity contribution >= 4 is 39.0 Å². The first-order chi connectivity index (χ1) is 8.65. The normalized spacial score (nSPS) is 12.6. The lowest BCUT2D eigenvalue weighted by atomic mass is 10.2. The van der Waals surface area contributed by atoms with E-state index < -0.39 is 0 Å². The lowest BCUT2D eigenvalue weighted by Crippen LogP contribution is -2.13. The summed E-state index contributed by atoms with van der Waals surface area (Å²) in [6.07, 6.45) is 0.269. The number of nitrogens with zero attached hydrogens (tertiary/aromatic N) is 1. The number of hydrogen-bond donors (Lipinski definition) is 1. The van der Waals surface area contributed by atoms with Crippen LogP contribution in [0, 0.1) is 6.92 Å². The van der Waals surface area contributed by atoms with Crippen LogP contribution in [0.3, 0.4) is 0 Å². The molecule has 1 N–H and O–H groups in total. The van der Waals surface area contributed by atoms with Crippen LogP contribution in [0.2, 0.25) is 0 Å². The van der Waals surface area contributed by atoms with E-state index in [0.29, 0.717) is 12.2 Å². The molecule has 0 bridgehead atoms. The van der Waals surface area contributed by atoms with Crippen LogP contribution in [0.5, 0.6) is 0 Å². The quantitative estimate of drug-likeness (QED) is 0.835. The summed E-state index contributed by atoms with van der Waals surface area (Å²) in [6.45, 7) is 1.98. The van der Waals surface area contributed by atoms with Crippen LogP contribution in [0.4, 0.5) is 0 Å². The summed E-state index contributed by atoms with van der Waals surface area (Å²) in [5, 5.41) is 13.1. The fourth-order valence-electron chi connectivity index (χ4n) is 1.55. The zero-order valence-corrected chi connectivity index (χ0v) is 13.2. The van der Waals surface area contributed by atoms with E-state index in [-0.39, 0.29) is 6.10 Å². The molecule has 0 radical (unpaired) electrons. The average molecular weight is 344 g/mol. The average Bonchev–Trinajstić information content (AvgIpc) is 2.74. The molecule has 2 nitrogen and oxygen atoms in total. The van der Waals surface area contributed by atoms with Gasteiger partial charge in [-0.15, -0.1) is 23.1 Å². The molecule has 1 aromatic heterocycles. The lowest BCUT2D eigenvalue weighted by Gasteiger charge is -2.09. The molecular weight excluding hydrogens is 330 g/mol. The molecule has 5 heteroatoms. The first-order valence-electron chi connectivity index (χ1n) is 5.61. The molecule has 2 rings (SSSR count). The van der Waals surface area contributed by atoms with E-state index in [1.807, 2.05) is 30.5 Å². The molecular formula is C13H14BrNOS2. The Hall–Kier alpha value is -0.360. The molecule has 2 aromatic rings. The summed E-state index contributed by atoms with van der Waals surface area (Å²) in [5.74, 6) is 0.680. The number of thioether (sulfide) groups is 1. The van der Waals surface area contributed by atoms with Crippen LogP contribution < -0.4 is 0 Å². The Morgan fingerprint density at radius 2 is 2.22 bits per heavy atom. The van der Waals surface area contributed by atoms with Crippen molar-refractivity contribution in [1.82, 2.24) is 4.98 Å². The van der Waals surface area contributed by atoms with Crippen LogP contribution in [0.1, 0.15) is 10.7 Å². The molecule has 0 saturated carbocycles. The van der Waals surface area contributed by atoms with Gasteiger partial charge in [-0.2, -0.15) is 0 Å². The number of halogens is 1. The van der Waals surface area contributed by atoms with Gasteiger partial charge in [-0.1, -0.05) is 12.1 Å². The summed E-state index contributed by atoms with van der Waals surface area (Å²) in [6, 6.07) is 8.05. The molecule has 1 unspecified atom stereocenters. The van der Waals surface area contributed by atoms with Crippen molar-refractivity contribution in [3.8, 4) is 0 Å². The molecule has 96 valence electrons. The highest BCUT2D eigenvalue weighted by molar-refractivity contribution is 9.10. The molecule has 0 aliphatic rings. The topological polar surface area (TPSA) is 33.1 Å². The number of rotatable bonds is 5. The fraction of sp³-hybridized carbons (Fsp3) is 0.308. The van der Waals surface area contributed by atoms with Crippen molar-refractivity contribution < 1.29 is 5.11 Å². The largest absolute Gasteiger partial charge is 0.392 e. The van der Waals surface area contributed by atoms with Crippen LogP contribution in [0.15, 0.2) is 39.0 Å². The van der Waals surface area contributed by atoms with Crippen molar-refractivity contribution in [2.24, 2.45) is 0 Å². The Labute approximate surface area is 124 Å². The molecule has 1 heterocycles. The lowest BCUT2D eigenvalue weighted by molar-refractivity contribution is 0.199. The highest BCUT2D eigenvalue weighted by Gasteiger charge is 2.09.